The van der Waals surface area contributed by atoms with E-state index in [1.807, 2.05) is 13.0 Å². The molecule has 0 unspecified atom stereocenters. The number of benzene rings is 1. The number of aromatic nitrogens is 2. The minimum absolute atomic E-state index is 0.601. The molecule has 4 rings (SSSR count). The third kappa shape index (κ3) is 3.51. The number of fused-ring (bicyclic) bond motifs is 1. The highest BCUT2D eigenvalue weighted by molar-refractivity contribution is 5.93. The van der Waals surface area contributed by atoms with Crippen LogP contribution in [0.1, 0.15) is 43.9 Å². The lowest BCUT2D eigenvalue weighted by Gasteiger charge is -2.39. The minimum atomic E-state index is 0.601. The monoisotopic (exact) mass is 352 g/mol. The van der Waals surface area contributed by atoms with Gasteiger partial charge in [-0.25, -0.2) is 15.0 Å². The Morgan fingerprint density at radius 3 is 2.77 bits per heavy atom. The molecule has 1 saturated carbocycles. The summed E-state index contributed by atoms with van der Waals surface area (Å²) in [5, 5.41) is 7.75. The highest BCUT2D eigenvalue weighted by Crippen LogP contribution is 2.28. The number of aliphatic imine (C=N–C) groups is 1. The van der Waals surface area contributed by atoms with Crippen LogP contribution >= 0.6 is 0 Å². The molecule has 0 saturated heterocycles. The lowest BCUT2D eigenvalue weighted by atomic mass is 9.85. The first-order chi connectivity index (χ1) is 12.6. The van der Waals surface area contributed by atoms with Crippen molar-refractivity contribution in [1.82, 2.24) is 20.2 Å². The zero-order chi connectivity index (χ0) is 18.1. The number of nitrogens with zero attached hydrogens (tertiary/aromatic N) is 4. The van der Waals surface area contributed by atoms with Crippen LogP contribution in [0, 0.1) is 19.8 Å². The summed E-state index contributed by atoms with van der Waals surface area (Å²) in [4.78, 5) is 16.4. The Hall–Kier alpha value is -2.21. The normalized spacial score (nSPS) is 24.2. The van der Waals surface area contributed by atoms with Crippen LogP contribution < -0.4 is 10.6 Å². The van der Waals surface area contributed by atoms with Crippen molar-refractivity contribution < 1.29 is 0 Å². The molecule has 0 bridgehead atoms. The maximum atomic E-state index is 4.68. The molecule has 0 radical (unpaired) electrons. The summed E-state index contributed by atoms with van der Waals surface area (Å²) in [7, 11) is 0. The van der Waals surface area contributed by atoms with Crippen LogP contribution in [0.3, 0.4) is 0 Å². The van der Waals surface area contributed by atoms with Crippen LogP contribution in [0.5, 0.6) is 0 Å². The predicted octanol–water partition coefficient (Wildman–Crippen LogP) is 3.41. The summed E-state index contributed by atoms with van der Waals surface area (Å²) >= 11 is 0. The molecule has 1 aromatic heterocycles. The van der Waals surface area contributed by atoms with E-state index in [-0.39, 0.29) is 0 Å². The van der Waals surface area contributed by atoms with Crippen LogP contribution in [0.4, 0.5) is 5.95 Å². The van der Waals surface area contributed by atoms with E-state index < -0.39 is 0 Å². The molecule has 1 aliphatic carbocycles. The molecule has 2 aliphatic rings. The van der Waals surface area contributed by atoms with E-state index in [2.05, 4.69) is 56.5 Å². The topological polar surface area (TPSA) is 65.4 Å². The molecule has 6 nitrogen and oxygen atoms in total. The number of guanidine groups is 1. The molecule has 2 aromatic rings. The average molecular weight is 352 g/mol. The van der Waals surface area contributed by atoms with Gasteiger partial charge in [0, 0.05) is 11.4 Å². The summed E-state index contributed by atoms with van der Waals surface area (Å²) in [6.45, 7) is 8.04. The number of hydrogen-bond donors (Lipinski definition) is 2. The van der Waals surface area contributed by atoms with Gasteiger partial charge in [-0.05, 0) is 44.7 Å². The van der Waals surface area contributed by atoms with Crippen LogP contribution in [-0.4, -0.2) is 40.2 Å². The van der Waals surface area contributed by atoms with Gasteiger partial charge in [0.25, 0.3) is 0 Å². The predicted molar refractivity (Wildman–Crippen MR) is 106 cm³/mol. The highest BCUT2D eigenvalue weighted by Gasteiger charge is 2.28. The highest BCUT2D eigenvalue weighted by atomic mass is 15.4. The van der Waals surface area contributed by atoms with E-state index in [1.54, 1.807) is 0 Å². The first-order valence-electron chi connectivity index (χ1n) is 9.64. The van der Waals surface area contributed by atoms with E-state index >= 15 is 0 Å². The first kappa shape index (κ1) is 17.2. The van der Waals surface area contributed by atoms with Crippen molar-refractivity contribution >= 4 is 22.8 Å². The van der Waals surface area contributed by atoms with E-state index in [0.29, 0.717) is 12.0 Å². The van der Waals surface area contributed by atoms with Gasteiger partial charge in [0.2, 0.25) is 11.9 Å². The number of anilines is 1. The number of aryl methyl sites for hydroxylation is 2. The minimum Gasteiger partial charge on any atom is -0.343 e. The smallest absolute Gasteiger partial charge is 0.230 e. The van der Waals surface area contributed by atoms with Crippen molar-refractivity contribution in [2.45, 2.75) is 52.5 Å². The Kier molecular flexibility index (Phi) is 4.76. The van der Waals surface area contributed by atoms with Crippen molar-refractivity contribution in [2.75, 3.05) is 18.7 Å². The second-order valence-corrected chi connectivity index (χ2v) is 7.68. The van der Waals surface area contributed by atoms with Crippen molar-refractivity contribution in [3.05, 3.63) is 29.5 Å². The molecule has 0 amide bonds. The summed E-state index contributed by atoms with van der Waals surface area (Å²) in [5.41, 5.74) is 3.16. The van der Waals surface area contributed by atoms with Gasteiger partial charge in [-0.3, -0.25) is 10.2 Å². The maximum absolute atomic E-state index is 4.68. The fraction of sp³-hybridized carbons (Fsp3) is 0.550. The third-order valence-electron chi connectivity index (χ3n) is 5.67. The van der Waals surface area contributed by atoms with Crippen LogP contribution in [0.25, 0.3) is 10.9 Å². The molecule has 1 aromatic carbocycles. The molecule has 2 heterocycles. The van der Waals surface area contributed by atoms with E-state index in [9.17, 15) is 0 Å². The van der Waals surface area contributed by atoms with Gasteiger partial charge in [0.1, 0.15) is 0 Å². The van der Waals surface area contributed by atoms with Gasteiger partial charge in [0.15, 0.2) is 0 Å². The standard InChI is InChI=1S/C20H28N6/c1-13-8-9-17-16(10-13)15(3)23-20(24-17)25-19-21-11-26(12-22-19)18-7-5-4-6-14(18)2/h8-10,14,18H,4-7,11-12H2,1-3H3,(H2,21,22,23,24,25)/t14-,18+/m1/s1. The Morgan fingerprint density at radius 2 is 2.00 bits per heavy atom. The van der Waals surface area contributed by atoms with Crippen LogP contribution in [0.2, 0.25) is 0 Å². The fourth-order valence-corrected chi connectivity index (χ4v) is 4.15. The van der Waals surface area contributed by atoms with Gasteiger partial charge in [-0.15, -0.1) is 0 Å². The average Bonchev–Trinajstić information content (AvgIpc) is 2.64. The molecule has 1 aliphatic heterocycles. The largest absolute Gasteiger partial charge is 0.343 e. The van der Waals surface area contributed by atoms with Crippen molar-refractivity contribution in [3.63, 3.8) is 0 Å². The molecular formula is C20H28N6. The number of hydrogen-bond acceptors (Lipinski definition) is 6. The zero-order valence-corrected chi connectivity index (χ0v) is 15.9. The molecule has 0 spiro atoms. The molecule has 6 heteroatoms. The lowest BCUT2D eigenvalue weighted by molar-refractivity contribution is 0.107. The first-order valence-corrected chi connectivity index (χ1v) is 9.64. The Morgan fingerprint density at radius 1 is 1.15 bits per heavy atom. The summed E-state index contributed by atoms with van der Waals surface area (Å²) < 4.78 is 0. The van der Waals surface area contributed by atoms with E-state index in [1.165, 1.54) is 31.2 Å². The lowest BCUT2D eigenvalue weighted by Crippen LogP contribution is -2.52. The molecule has 138 valence electrons. The van der Waals surface area contributed by atoms with Crippen molar-refractivity contribution in [1.29, 1.82) is 0 Å². The van der Waals surface area contributed by atoms with Crippen LogP contribution in [0.15, 0.2) is 23.2 Å². The maximum Gasteiger partial charge on any atom is 0.230 e. The molecule has 26 heavy (non-hydrogen) atoms. The van der Waals surface area contributed by atoms with E-state index in [4.69, 9.17) is 0 Å². The molecular weight excluding hydrogens is 324 g/mol. The summed E-state index contributed by atoms with van der Waals surface area (Å²) in [5.74, 6) is 2.12. The quantitative estimate of drug-likeness (QED) is 0.867. The Balaban J connectivity index is 1.46. The number of rotatable bonds is 2. The second kappa shape index (κ2) is 7.19. The van der Waals surface area contributed by atoms with Crippen LogP contribution in [-0.2, 0) is 0 Å². The third-order valence-corrected chi connectivity index (χ3v) is 5.67. The Bertz CT molecular complexity index is 830. The van der Waals surface area contributed by atoms with Gasteiger partial charge < -0.3 is 5.32 Å². The van der Waals surface area contributed by atoms with Gasteiger partial charge in [-0.1, -0.05) is 31.4 Å². The van der Waals surface area contributed by atoms with Crippen molar-refractivity contribution in [3.8, 4) is 0 Å². The van der Waals surface area contributed by atoms with Gasteiger partial charge in [0.05, 0.1) is 24.5 Å². The molecule has 2 atom stereocenters. The van der Waals surface area contributed by atoms with E-state index in [0.717, 1.165) is 41.8 Å². The summed E-state index contributed by atoms with van der Waals surface area (Å²) in [6, 6.07) is 6.91. The zero-order valence-electron chi connectivity index (χ0n) is 15.9. The Labute approximate surface area is 155 Å². The van der Waals surface area contributed by atoms with Crippen molar-refractivity contribution in [2.24, 2.45) is 10.9 Å². The summed E-state index contributed by atoms with van der Waals surface area (Å²) in [6.07, 6.45) is 5.32. The number of nitrogens with one attached hydrogen (secondary N) is 2. The van der Waals surface area contributed by atoms with Gasteiger partial charge in [-0.2, -0.15) is 0 Å². The second-order valence-electron chi connectivity index (χ2n) is 7.68. The van der Waals surface area contributed by atoms with Gasteiger partial charge >= 0.3 is 0 Å². The molecule has 2 N–H and O–H groups in total. The SMILES string of the molecule is Cc1ccc2nc(NC3=NCN([C@H]4CCCC[C@H]4C)CN3)nc(C)c2c1. The molecule has 1 fully saturated rings. The fourth-order valence-electron chi connectivity index (χ4n) is 4.15.